The molecule has 0 atom stereocenters. The van der Waals surface area contributed by atoms with E-state index in [2.05, 4.69) is 15.2 Å². The summed E-state index contributed by atoms with van der Waals surface area (Å²) in [6.07, 6.45) is 0. The van der Waals surface area contributed by atoms with Crippen molar-refractivity contribution in [2.75, 3.05) is 11.9 Å². The van der Waals surface area contributed by atoms with Crippen LogP contribution in [0.4, 0.5) is 15.9 Å². The molecule has 1 aromatic carbocycles. The van der Waals surface area contributed by atoms with E-state index >= 15 is 0 Å². The van der Waals surface area contributed by atoms with E-state index in [0.717, 1.165) is 0 Å². The van der Waals surface area contributed by atoms with E-state index in [1.54, 1.807) is 25.2 Å². The molecule has 2 rings (SSSR count). The van der Waals surface area contributed by atoms with Crippen LogP contribution in [0.15, 0.2) is 24.3 Å². The molecule has 0 saturated heterocycles. The number of halogens is 3. The monoisotopic (exact) mass is 272 g/mol. The third kappa shape index (κ3) is 2.45. The van der Waals surface area contributed by atoms with E-state index in [1.165, 1.54) is 11.0 Å². The molecule has 0 bridgehead atoms. The summed E-state index contributed by atoms with van der Waals surface area (Å²) < 4.78 is 13.6. The van der Waals surface area contributed by atoms with Crippen LogP contribution in [0, 0.1) is 5.82 Å². The number of nitrogens with zero attached hydrogens (tertiary/aromatic N) is 4. The van der Waals surface area contributed by atoms with Crippen LogP contribution in [0.5, 0.6) is 0 Å². The highest BCUT2D eigenvalue weighted by molar-refractivity contribution is 6.32. The van der Waals surface area contributed by atoms with E-state index in [0.29, 0.717) is 5.69 Å². The summed E-state index contributed by atoms with van der Waals surface area (Å²) in [5, 5.41) is 7.11. The molecule has 0 radical (unpaired) electrons. The van der Waals surface area contributed by atoms with Gasteiger partial charge >= 0.3 is 0 Å². The van der Waals surface area contributed by atoms with Gasteiger partial charge < -0.3 is 4.90 Å². The van der Waals surface area contributed by atoms with Crippen molar-refractivity contribution in [2.24, 2.45) is 0 Å². The molecule has 88 valence electrons. The predicted molar refractivity (Wildman–Crippen MR) is 64.3 cm³/mol. The summed E-state index contributed by atoms with van der Waals surface area (Å²) in [4.78, 5) is 5.37. The molecule has 0 fully saturated rings. The van der Waals surface area contributed by atoms with Crippen LogP contribution in [0.3, 0.4) is 0 Å². The first kappa shape index (κ1) is 12.0. The minimum Gasteiger partial charge on any atom is -0.324 e. The minimum atomic E-state index is -0.388. The third-order valence-electron chi connectivity index (χ3n) is 2.13. The van der Waals surface area contributed by atoms with Gasteiger partial charge in [-0.2, -0.15) is 4.98 Å². The summed E-state index contributed by atoms with van der Waals surface area (Å²) in [5.74, 6) is -0.141. The summed E-state index contributed by atoms with van der Waals surface area (Å²) in [7, 11) is 1.62. The second-order valence-electron chi connectivity index (χ2n) is 3.21. The second-order valence-corrected chi connectivity index (χ2v) is 3.90. The lowest BCUT2D eigenvalue weighted by Crippen LogP contribution is -2.14. The fourth-order valence-electron chi connectivity index (χ4n) is 1.34. The van der Waals surface area contributed by atoms with Gasteiger partial charge in [0.25, 0.3) is 0 Å². The van der Waals surface area contributed by atoms with Crippen LogP contribution in [0.1, 0.15) is 0 Å². The number of rotatable bonds is 2. The molecule has 17 heavy (non-hydrogen) atoms. The van der Waals surface area contributed by atoms with Crippen molar-refractivity contribution < 1.29 is 4.39 Å². The van der Waals surface area contributed by atoms with Crippen LogP contribution >= 0.6 is 23.2 Å². The molecule has 0 aliphatic heterocycles. The first-order valence-electron chi connectivity index (χ1n) is 4.63. The van der Waals surface area contributed by atoms with Gasteiger partial charge in [-0.1, -0.05) is 23.7 Å². The smallest absolute Gasteiger partial charge is 0.245 e. The van der Waals surface area contributed by atoms with E-state index in [9.17, 15) is 4.39 Å². The Hall–Kier alpha value is -1.46. The van der Waals surface area contributed by atoms with Gasteiger partial charge in [-0.15, -0.1) is 10.2 Å². The van der Waals surface area contributed by atoms with Crippen molar-refractivity contribution in [3.8, 4) is 0 Å². The second kappa shape index (κ2) is 4.81. The van der Waals surface area contributed by atoms with Gasteiger partial charge in [0.1, 0.15) is 5.82 Å². The molecular formula is C10H7Cl2FN4. The lowest BCUT2D eigenvalue weighted by molar-refractivity contribution is 0.627. The number of hydrogen-bond donors (Lipinski definition) is 0. The van der Waals surface area contributed by atoms with Crippen LogP contribution in [0.25, 0.3) is 0 Å². The van der Waals surface area contributed by atoms with Gasteiger partial charge in [-0.25, -0.2) is 4.39 Å². The van der Waals surface area contributed by atoms with Crippen LogP contribution < -0.4 is 4.90 Å². The molecule has 0 aliphatic carbocycles. The Bertz CT molecular complexity index is 550. The summed E-state index contributed by atoms with van der Waals surface area (Å²) >= 11 is 11.5. The Morgan fingerprint density at radius 1 is 1.18 bits per heavy atom. The number of hydrogen-bond acceptors (Lipinski definition) is 4. The Labute approximate surface area is 107 Å². The Balaban J connectivity index is 2.47. The van der Waals surface area contributed by atoms with Gasteiger partial charge in [-0.05, 0) is 23.7 Å². The topological polar surface area (TPSA) is 41.9 Å². The highest BCUT2D eigenvalue weighted by Crippen LogP contribution is 2.28. The quantitative estimate of drug-likeness (QED) is 0.843. The largest absolute Gasteiger partial charge is 0.324 e. The molecule has 7 heteroatoms. The van der Waals surface area contributed by atoms with Gasteiger partial charge in [0, 0.05) is 7.05 Å². The van der Waals surface area contributed by atoms with E-state index < -0.39 is 0 Å². The van der Waals surface area contributed by atoms with Crippen molar-refractivity contribution in [1.29, 1.82) is 0 Å². The predicted octanol–water partition coefficient (Wildman–Crippen LogP) is 3.09. The average molecular weight is 273 g/mol. The maximum Gasteiger partial charge on any atom is 0.245 e. The molecule has 4 nitrogen and oxygen atoms in total. The molecule has 0 amide bonds. The highest BCUT2D eigenvalue weighted by Gasteiger charge is 2.15. The fraction of sp³-hybridized carbons (Fsp3) is 0.100. The number of aromatic nitrogens is 3. The van der Waals surface area contributed by atoms with E-state index in [1.807, 2.05) is 0 Å². The van der Waals surface area contributed by atoms with Gasteiger partial charge in [-0.3, -0.25) is 0 Å². The lowest BCUT2D eigenvalue weighted by Gasteiger charge is -2.18. The van der Waals surface area contributed by atoms with Crippen molar-refractivity contribution in [3.63, 3.8) is 0 Å². The number of para-hydroxylation sites is 1. The van der Waals surface area contributed by atoms with Crippen LogP contribution in [-0.4, -0.2) is 22.2 Å². The van der Waals surface area contributed by atoms with Crippen LogP contribution in [-0.2, 0) is 0 Å². The average Bonchev–Trinajstić information content (AvgIpc) is 2.32. The van der Waals surface area contributed by atoms with Gasteiger partial charge in [0.2, 0.25) is 5.28 Å². The summed E-state index contributed by atoms with van der Waals surface area (Å²) in [6.45, 7) is 0. The molecule has 2 aromatic rings. The lowest BCUT2D eigenvalue weighted by atomic mass is 10.3. The molecule has 0 N–H and O–H groups in total. The van der Waals surface area contributed by atoms with Gasteiger partial charge in [0.15, 0.2) is 11.0 Å². The third-order valence-corrected chi connectivity index (χ3v) is 2.54. The van der Waals surface area contributed by atoms with E-state index in [-0.39, 0.29) is 22.1 Å². The molecular weight excluding hydrogens is 266 g/mol. The fourth-order valence-corrected chi connectivity index (χ4v) is 1.66. The number of anilines is 2. The van der Waals surface area contributed by atoms with E-state index in [4.69, 9.17) is 23.2 Å². The molecule has 0 aliphatic rings. The van der Waals surface area contributed by atoms with Crippen LogP contribution in [0.2, 0.25) is 10.4 Å². The standard InChI is InChI=1S/C10H7Cl2FN4/c1-17(7-5-3-2-4-6(7)13)9-8(11)15-16-10(12)14-9/h2-5H,1H3. The zero-order chi connectivity index (χ0) is 12.4. The maximum atomic E-state index is 13.6. The Kier molecular flexibility index (Phi) is 3.40. The summed E-state index contributed by atoms with van der Waals surface area (Å²) in [6, 6.07) is 6.25. The zero-order valence-electron chi connectivity index (χ0n) is 8.73. The normalized spacial score (nSPS) is 10.4. The molecule has 0 spiro atoms. The summed E-state index contributed by atoms with van der Waals surface area (Å²) in [5.41, 5.74) is 0.325. The first-order valence-corrected chi connectivity index (χ1v) is 5.39. The van der Waals surface area contributed by atoms with Crippen molar-refractivity contribution in [2.45, 2.75) is 0 Å². The maximum absolute atomic E-state index is 13.6. The first-order chi connectivity index (χ1) is 8.09. The number of benzene rings is 1. The Morgan fingerprint density at radius 2 is 1.88 bits per heavy atom. The van der Waals surface area contributed by atoms with Crippen molar-refractivity contribution in [1.82, 2.24) is 15.2 Å². The molecule has 1 aromatic heterocycles. The highest BCUT2D eigenvalue weighted by atomic mass is 35.5. The van der Waals surface area contributed by atoms with Crippen molar-refractivity contribution in [3.05, 3.63) is 40.5 Å². The zero-order valence-corrected chi connectivity index (χ0v) is 10.2. The van der Waals surface area contributed by atoms with Gasteiger partial charge in [0.05, 0.1) is 5.69 Å². The molecule has 1 heterocycles. The molecule has 0 unspecified atom stereocenters. The Morgan fingerprint density at radius 3 is 2.59 bits per heavy atom. The SMILES string of the molecule is CN(c1ccccc1F)c1nc(Cl)nnc1Cl. The van der Waals surface area contributed by atoms with Crippen molar-refractivity contribution >= 4 is 34.7 Å². The molecule has 0 saturated carbocycles. The minimum absolute atomic E-state index is 0.0485.